The second-order valence-corrected chi connectivity index (χ2v) is 23.9. The number of aliphatic hydroxyl groups excluding tert-OH is 1. The number of methoxy groups -OCH3 is 1. The van der Waals surface area contributed by atoms with Gasteiger partial charge in [-0.15, -0.1) is 5.10 Å². The predicted molar refractivity (Wildman–Crippen MR) is 321 cm³/mol. The highest BCUT2D eigenvalue weighted by Crippen LogP contribution is 2.51. The number of hydrogen-bond donors (Lipinski definition) is 7. The van der Waals surface area contributed by atoms with Crippen LogP contribution in [0.5, 0.6) is 17.4 Å². The van der Waals surface area contributed by atoms with Crippen LogP contribution in [-0.4, -0.2) is 163 Å². The van der Waals surface area contributed by atoms with E-state index in [1.165, 1.54) is 18.0 Å². The second kappa shape index (κ2) is 29.8. The molecular formula is C62H80N14O12. The highest BCUT2D eigenvalue weighted by molar-refractivity contribution is 6.01. The predicted octanol–water partition coefficient (Wildman–Crippen LogP) is 5.51. The number of anilines is 1. The fourth-order valence-electron chi connectivity index (χ4n) is 10.5. The van der Waals surface area contributed by atoms with Gasteiger partial charge in [-0.05, 0) is 124 Å². The number of pyridine rings is 1. The molecule has 88 heavy (non-hydrogen) atoms. The molecule has 2 saturated carbocycles. The van der Waals surface area contributed by atoms with E-state index < -0.39 is 30.1 Å². The molecule has 6 amide bonds. The zero-order valence-corrected chi connectivity index (χ0v) is 50.7. The van der Waals surface area contributed by atoms with E-state index in [9.17, 15) is 33.9 Å². The van der Waals surface area contributed by atoms with Crippen LogP contribution >= 0.6 is 0 Å². The van der Waals surface area contributed by atoms with Gasteiger partial charge in [-0.2, -0.15) is 10.2 Å². The molecule has 1 saturated heterocycles. The smallest absolute Gasteiger partial charge is 0.328 e. The number of amides is 6. The quantitative estimate of drug-likeness (QED) is 0.0202. The van der Waals surface area contributed by atoms with Crippen LogP contribution in [0.25, 0.3) is 11.1 Å². The summed E-state index contributed by atoms with van der Waals surface area (Å²) in [6.07, 6.45) is 9.10. The van der Waals surface area contributed by atoms with Gasteiger partial charge < -0.3 is 60.3 Å². The molecule has 26 nitrogen and oxygen atoms in total. The number of aliphatic hydroxyl groups is 1. The Kier molecular flexibility index (Phi) is 21.6. The van der Waals surface area contributed by atoms with E-state index in [0.717, 1.165) is 48.2 Å². The lowest BCUT2D eigenvalue weighted by molar-refractivity contribution is -0.143. The minimum Gasteiger partial charge on any atom is -0.487 e. The van der Waals surface area contributed by atoms with Gasteiger partial charge in [0.25, 0.3) is 11.8 Å². The fraction of sp³-hybridized carbons (Fsp3) is 0.500. The second-order valence-electron chi connectivity index (χ2n) is 23.9. The summed E-state index contributed by atoms with van der Waals surface area (Å²) in [6, 6.07) is 17.5. The number of aromatic amines is 1. The third-order valence-electron chi connectivity index (χ3n) is 15.4. The van der Waals surface area contributed by atoms with Crippen molar-refractivity contribution in [3.05, 3.63) is 114 Å². The van der Waals surface area contributed by atoms with Crippen LogP contribution in [0.3, 0.4) is 0 Å². The van der Waals surface area contributed by atoms with Gasteiger partial charge in [0, 0.05) is 61.1 Å². The molecule has 1 unspecified atom stereocenters. The Labute approximate surface area is 510 Å². The average molecular weight is 1210 g/mol. The lowest BCUT2D eigenvalue weighted by atomic mass is 9.88. The molecule has 5 heterocycles. The third-order valence-corrected chi connectivity index (χ3v) is 15.4. The maximum absolute atomic E-state index is 14.0. The summed E-state index contributed by atoms with van der Waals surface area (Å²) in [4.78, 5) is 84.6. The first-order valence-electron chi connectivity index (χ1n) is 29.9. The van der Waals surface area contributed by atoms with Crippen LogP contribution in [0.4, 0.5) is 10.5 Å². The summed E-state index contributed by atoms with van der Waals surface area (Å²) >= 11 is 0. The van der Waals surface area contributed by atoms with E-state index in [0.29, 0.717) is 85.9 Å². The first kappa shape index (κ1) is 63.7. The van der Waals surface area contributed by atoms with Crippen molar-refractivity contribution in [2.45, 2.75) is 124 Å². The van der Waals surface area contributed by atoms with Gasteiger partial charge in [-0.25, -0.2) is 19.3 Å². The summed E-state index contributed by atoms with van der Waals surface area (Å²) in [5.41, 5.74) is 5.60. The van der Waals surface area contributed by atoms with Crippen molar-refractivity contribution in [2.24, 2.45) is 23.2 Å². The number of carbonyl (C=O) groups excluding carboxylic acids is 6. The Morgan fingerprint density at radius 2 is 1.62 bits per heavy atom. The minimum atomic E-state index is -0.958. The van der Waals surface area contributed by atoms with Gasteiger partial charge in [0.05, 0.1) is 70.2 Å². The number of benzene rings is 2. The maximum atomic E-state index is 14.0. The maximum Gasteiger partial charge on any atom is 0.328 e. The van der Waals surface area contributed by atoms with Gasteiger partial charge in [-0.3, -0.25) is 29.0 Å². The number of aromatic nitrogens is 8. The summed E-state index contributed by atoms with van der Waals surface area (Å²) in [7, 11) is 1.29. The number of hydrogen-bond acceptors (Lipinski definition) is 17. The summed E-state index contributed by atoms with van der Waals surface area (Å²) < 4.78 is 31.1. The Morgan fingerprint density at radius 3 is 2.32 bits per heavy atom. The van der Waals surface area contributed by atoms with E-state index in [4.69, 9.17) is 23.7 Å². The number of esters is 1. The van der Waals surface area contributed by atoms with Gasteiger partial charge >= 0.3 is 12.0 Å². The number of nitrogens with zero attached hydrogens (tertiary/aromatic N) is 8. The molecular weight excluding hydrogens is 1130 g/mol. The zero-order valence-electron chi connectivity index (χ0n) is 50.7. The highest BCUT2D eigenvalue weighted by atomic mass is 16.5. The lowest BCUT2D eigenvalue weighted by Crippen LogP contribution is -2.59. The average Bonchev–Trinajstić information content (AvgIpc) is 4.02. The van der Waals surface area contributed by atoms with E-state index in [1.807, 2.05) is 38.1 Å². The molecule has 0 spiro atoms. The number of carbonyl (C=O) groups is 6. The normalized spacial score (nSPS) is 15.2. The number of rotatable bonds is 32. The molecule has 7 N–H and O–H groups in total. The van der Waals surface area contributed by atoms with Crippen molar-refractivity contribution in [1.29, 1.82) is 0 Å². The number of likely N-dealkylation sites (tertiary alicyclic amines) is 1. The first-order chi connectivity index (χ1) is 42.4. The van der Waals surface area contributed by atoms with E-state index >= 15 is 0 Å². The molecule has 470 valence electrons. The number of H-pyrrole nitrogens is 1. The topological polar surface area (TPSA) is 322 Å². The Hall–Kier alpha value is -8.75. The highest BCUT2D eigenvalue weighted by Gasteiger charge is 2.48. The van der Waals surface area contributed by atoms with E-state index in [1.54, 1.807) is 64.4 Å². The molecule has 9 rings (SSSR count). The minimum absolute atomic E-state index is 0.0249. The van der Waals surface area contributed by atoms with Gasteiger partial charge in [0.1, 0.15) is 47.6 Å². The number of ether oxygens (including phenoxy) is 5. The molecule has 3 aliphatic rings. The molecule has 1 aliphatic heterocycles. The number of urea groups is 1. The molecule has 3 fully saturated rings. The third kappa shape index (κ3) is 18.4. The Morgan fingerprint density at radius 1 is 0.875 bits per heavy atom. The van der Waals surface area contributed by atoms with Crippen LogP contribution in [0.2, 0.25) is 0 Å². The van der Waals surface area contributed by atoms with Crippen LogP contribution in [-0.2, 0) is 48.3 Å². The zero-order chi connectivity index (χ0) is 62.3. The van der Waals surface area contributed by atoms with Crippen LogP contribution in [0.15, 0.2) is 85.3 Å². The molecule has 6 aromatic rings. The molecule has 2 aliphatic carbocycles. The Balaban J connectivity index is 0.608. The van der Waals surface area contributed by atoms with Gasteiger partial charge in [0.15, 0.2) is 0 Å². The molecule has 4 aromatic heterocycles. The monoisotopic (exact) mass is 1210 g/mol. The van der Waals surface area contributed by atoms with Crippen molar-refractivity contribution < 1.29 is 57.6 Å². The molecule has 0 bridgehead atoms. The SMILES string of the molecule is COC(=O)[C@H](CCC(C)(C)C)NC(=O)c1ccc(Oc2cccc(OC3CN(C(=O)NCC(O)COCCOCc4cn(CC(=O)NCCCn5nccc5C(=O)N[C@H](C(=O)Nc5ccc(-c6c(C)n[nH]c6C)cc5)C(C5CC5)C5CC5)nn4)C3)c2)nc1. The van der Waals surface area contributed by atoms with Crippen molar-refractivity contribution in [2.75, 3.05) is 58.4 Å². The number of nitrogens with one attached hydrogen (secondary N) is 6. The van der Waals surface area contributed by atoms with Gasteiger partial charge in [-0.1, -0.05) is 44.2 Å². The van der Waals surface area contributed by atoms with Crippen LogP contribution in [0, 0.1) is 37.0 Å². The van der Waals surface area contributed by atoms with Crippen molar-refractivity contribution in [1.82, 2.24) is 66.1 Å². The van der Waals surface area contributed by atoms with Crippen LogP contribution < -0.4 is 36.1 Å². The summed E-state index contributed by atoms with van der Waals surface area (Å²) in [5, 5.41) is 44.8. The van der Waals surface area contributed by atoms with Crippen molar-refractivity contribution in [3.8, 4) is 28.5 Å². The summed E-state index contributed by atoms with van der Waals surface area (Å²) in [6.45, 7) is 11.8. The van der Waals surface area contributed by atoms with Crippen molar-refractivity contribution >= 4 is 41.3 Å². The van der Waals surface area contributed by atoms with Crippen LogP contribution in [0.1, 0.15) is 104 Å². The molecule has 0 radical (unpaired) electrons. The standard InChI is InChI=1S/C62H80N14O12/c1-38-54(39(2)71-70-38)40-15-18-44(19-16-40)67-59(81)56(55(41-11-12-41)42-13-14-42)69-58(80)51-22-25-66-76(51)26-8-24-63-52(78)35-75-32-45(72-73-75)36-85-27-28-86-37-46(77)31-65-61(83)74-33-49(34-74)87-47-9-7-10-48(29-47)88-53-20-17-43(30-64-53)57(79)68-50(60(82)84-6)21-23-62(3,4)5/h7,9-10,15-20,22,25,29-30,32,41-42,46,49-50,55-56,77H,8,11-14,21,23-24,26-28,31,33-37H2,1-6H3,(H,63,78)(H,65,83)(H,67,81)(H,68,79)(H,69,80)(H,70,71)/t46?,50-,56-/m0/s1. The lowest BCUT2D eigenvalue weighted by Gasteiger charge is -2.38. The number of aryl methyl sites for hydroxylation is 3. The molecule has 2 aromatic carbocycles. The summed E-state index contributed by atoms with van der Waals surface area (Å²) in [5.74, 6) is 0.175. The fourth-order valence-corrected chi connectivity index (χ4v) is 10.5. The van der Waals surface area contributed by atoms with Gasteiger partial charge in [0.2, 0.25) is 17.7 Å². The van der Waals surface area contributed by atoms with Crippen molar-refractivity contribution in [3.63, 3.8) is 0 Å². The van der Waals surface area contributed by atoms with E-state index in [2.05, 4.69) is 77.9 Å². The molecule has 3 atom stereocenters. The molecule has 26 heteroatoms. The Bertz CT molecular complexity index is 3300. The largest absolute Gasteiger partial charge is 0.487 e. The first-order valence-corrected chi connectivity index (χ1v) is 29.9. The van der Waals surface area contributed by atoms with E-state index in [-0.39, 0.29) is 92.1 Å².